The van der Waals surface area contributed by atoms with E-state index in [1.807, 2.05) is 4.57 Å². The summed E-state index contributed by atoms with van der Waals surface area (Å²) in [6.07, 6.45) is -0.907. The van der Waals surface area contributed by atoms with E-state index in [0.29, 0.717) is 5.69 Å². The topological polar surface area (TPSA) is 75.2 Å². The van der Waals surface area contributed by atoms with Gasteiger partial charge in [0.1, 0.15) is 18.3 Å². The minimum absolute atomic E-state index is 0.191. The van der Waals surface area contributed by atoms with Crippen LogP contribution < -0.4 is 16.0 Å². The number of nitrogens with one attached hydrogen (secondary N) is 3. The van der Waals surface area contributed by atoms with Crippen LogP contribution in [0.4, 0.5) is 13.2 Å². The Labute approximate surface area is 137 Å². The lowest BCUT2D eigenvalue weighted by molar-refractivity contribution is -0.139. The highest BCUT2D eigenvalue weighted by atomic mass is 19.4. The molecule has 1 fully saturated rings. The van der Waals surface area contributed by atoms with Gasteiger partial charge in [0.25, 0.3) is 5.91 Å². The molecule has 2 rings (SSSR count). The van der Waals surface area contributed by atoms with Crippen molar-refractivity contribution in [2.75, 3.05) is 19.6 Å². The molecule has 0 aromatic carbocycles. The van der Waals surface area contributed by atoms with E-state index in [-0.39, 0.29) is 6.04 Å². The van der Waals surface area contributed by atoms with Crippen LogP contribution in [0.3, 0.4) is 0 Å². The molecule has 3 N–H and O–H groups in total. The number of carbonyl (C=O) groups excluding carboxylic acids is 2. The summed E-state index contributed by atoms with van der Waals surface area (Å²) in [5.74, 6) is -1.35. The normalized spacial score (nSPS) is 17.3. The standard InChI is InChI=1S/C15H21F3N4O2/c1-10(13(23)20-9-15(16,17)18)21-14(24)12-3-2-8-22(12)11-4-6-19-7-5-11/h2-3,8,10-11,19H,4-7,9H2,1H3,(H,20,23)(H,21,24). The molecule has 1 unspecified atom stereocenters. The molecule has 1 atom stereocenters. The van der Waals surface area contributed by atoms with Crippen molar-refractivity contribution in [3.63, 3.8) is 0 Å². The van der Waals surface area contributed by atoms with Crippen LogP contribution in [0.5, 0.6) is 0 Å². The smallest absolute Gasteiger partial charge is 0.345 e. The number of rotatable bonds is 5. The Hall–Kier alpha value is -2.03. The summed E-state index contributed by atoms with van der Waals surface area (Å²) in [4.78, 5) is 24.0. The van der Waals surface area contributed by atoms with Gasteiger partial charge in [0, 0.05) is 12.2 Å². The van der Waals surface area contributed by atoms with Gasteiger partial charge in [-0.05, 0) is 45.0 Å². The molecule has 1 aliphatic heterocycles. The van der Waals surface area contributed by atoms with Crippen LogP contribution in [-0.2, 0) is 4.79 Å². The zero-order valence-electron chi connectivity index (χ0n) is 13.3. The Balaban J connectivity index is 1.95. The Kier molecular flexibility index (Phi) is 5.87. The predicted octanol–water partition coefficient (Wildman–Crippen LogP) is 1.21. The Morgan fingerprint density at radius 3 is 2.67 bits per heavy atom. The highest BCUT2D eigenvalue weighted by molar-refractivity contribution is 5.96. The molecule has 1 aromatic rings. The van der Waals surface area contributed by atoms with E-state index in [0.717, 1.165) is 25.9 Å². The van der Waals surface area contributed by atoms with Crippen molar-refractivity contribution in [3.8, 4) is 0 Å². The third-order valence-electron chi connectivity index (χ3n) is 3.92. The van der Waals surface area contributed by atoms with Crippen LogP contribution >= 0.6 is 0 Å². The van der Waals surface area contributed by atoms with Gasteiger partial charge in [-0.25, -0.2) is 0 Å². The number of aromatic nitrogens is 1. The highest BCUT2D eigenvalue weighted by Gasteiger charge is 2.29. The average Bonchev–Trinajstić information content (AvgIpc) is 3.02. The summed E-state index contributed by atoms with van der Waals surface area (Å²) in [5, 5.41) is 7.44. The van der Waals surface area contributed by atoms with E-state index in [9.17, 15) is 22.8 Å². The van der Waals surface area contributed by atoms with E-state index >= 15 is 0 Å². The van der Waals surface area contributed by atoms with Crippen LogP contribution in [0.2, 0.25) is 0 Å². The number of piperidine rings is 1. The highest BCUT2D eigenvalue weighted by Crippen LogP contribution is 2.21. The number of alkyl halides is 3. The van der Waals surface area contributed by atoms with Crippen molar-refractivity contribution in [2.24, 2.45) is 0 Å². The van der Waals surface area contributed by atoms with Gasteiger partial charge in [0.15, 0.2) is 0 Å². The molecule has 134 valence electrons. The Morgan fingerprint density at radius 1 is 1.38 bits per heavy atom. The van der Waals surface area contributed by atoms with E-state index < -0.39 is 30.6 Å². The van der Waals surface area contributed by atoms with E-state index in [2.05, 4.69) is 10.6 Å². The van der Waals surface area contributed by atoms with Crippen molar-refractivity contribution in [1.29, 1.82) is 0 Å². The molecule has 24 heavy (non-hydrogen) atoms. The molecular formula is C15H21F3N4O2. The molecule has 2 heterocycles. The van der Waals surface area contributed by atoms with Crippen molar-refractivity contribution < 1.29 is 22.8 Å². The summed E-state index contributed by atoms with van der Waals surface area (Å²) >= 11 is 0. The minimum Gasteiger partial charge on any atom is -0.345 e. The first kappa shape index (κ1) is 18.3. The second kappa shape index (κ2) is 7.69. The minimum atomic E-state index is -4.48. The zero-order valence-corrected chi connectivity index (χ0v) is 13.3. The van der Waals surface area contributed by atoms with Crippen LogP contribution in [0.15, 0.2) is 18.3 Å². The number of carbonyl (C=O) groups is 2. The largest absolute Gasteiger partial charge is 0.405 e. The summed E-state index contributed by atoms with van der Waals surface area (Å²) < 4.78 is 38.2. The molecule has 1 saturated heterocycles. The molecule has 9 heteroatoms. The Bertz CT molecular complexity index is 580. The second-order valence-electron chi connectivity index (χ2n) is 5.81. The maximum atomic E-state index is 12.3. The van der Waals surface area contributed by atoms with E-state index in [1.165, 1.54) is 6.92 Å². The zero-order chi connectivity index (χ0) is 17.7. The van der Waals surface area contributed by atoms with Crippen molar-refractivity contribution >= 4 is 11.8 Å². The lowest BCUT2D eigenvalue weighted by Gasteiger charge is -2.26. The fourth-order valence-corrected chi connectivity index (χ4v) is 2.67. The van der Waals surface area contributed by atoms with Crippen molar-refractivity contribution in [2.45, 2.75) is 38.0 Å². The number of amides is 2. The number of hydrogen-bond acceptors (Lipinski definition) is 3. The van der Waals surface area contributed by atoms with Gasteiger partial charge in [0.05, 0.1) is 0 Å². The van der Waals surface area contributed by atoms with Crippen LogP contribution in [0.25, 0.3) is 0 Å². The molecule has 0 radical (unpaired) electrons. The second-order valence-corrected chi connectivity index (χ2v) is 5.81. The van der Waals surface area contributed by atoms with Gasteiger partial charge in [-0.15, -0.1) is 0 Å². The lowest BCUT2D eigenvalue weighted by atomic mass is 10.1. The molecule has 1 aliphatic rings. The van der Waals surface area contributed by atoms with Gasteiger partial charge >= 0.3 is 6.18 Å². The van der Waals surface area contributed by atoms with Crippen LogP contribution in [0.1, 0.15) is 36.3 Å². The first-order chi connectivity index (χ1) is 11.3. The molecular weight excluding hydrogens is 325 g/mol. The third kappa shape index (κ3) is 4.98. The quantitative estimate of drug-likeness (QED) is 0.750. The van der Waals surface area contributed by atoms with E-state index in [1.54, 1.807) is 23.6 Å². The average molecular weight is 346 g/mol. The fraction of sp³-hybridized carbons (Fsp3) is 0.600. The molecule has 0 bridgehead atoms. The number of halogens is 3. The fourth-order valence-electron chi connectivity index (χ4n) is 2.67. The summed E-state index contributed by atoms with van der Waals surface area (Å²) in [6.45, 7) is 1.65. The van der Waals surface area contributed by atoms with Gasteiger partial charge < -0.3 is 20.5 Å². The molecule has 0 saturated carbocycles. The third-order valence-corrected chi connectivity index (χ3v) is 3.92. The van der Waals surface area contributed by atoms with E-state index in [4.69, 9.17) is 0 Å². The molecule has 1 aromatic heterocycles. The van der Waals surface area contributed by atoms with Gasteiger partial charge in [0.2, 0.25) is 5.91 Å². The monoisotopic (exact) mass is 346 g/mol. The summed E-state index contributed by atoms with van der Waals surface area (Å²) in [7, 11) is 0. The number of nitrogens with zero attached hydrogens (tertiary/aromatic N) is 1. The van der Waals surface area contributed by atoms with Gasteiger partial charge in [-0.1, -0.05) is 0 Å². The maximum absolute atomic E-state index is 12.3. The van der Waals surface area contributed by atoms with Gasteiger partial charge in [-0.2, -0.15) is 13.2 Å². The lowest BCUT2D eigenvalue weighted by Crippen LogP contribution is -2.47. The van der Waals surface area contributed by atoms with Gasteiger partial charge in [-0.3, -0.25) is 9.59 Å². The van der Waals surface area contributed by atoms with Crippen molar-refractivity contribution in [3.05, 3.63) is 24.0 Å². The van der Waals surface area contributed by atoms with Crippen LogP contribution in [0, 0.1) is 0 Å². The molecule has 6 nitrogen and oxygen atoms in total. The maximum Gasteiger partial charge on any atom is 0.405 e. The Morgan fingerprint density at radius 2 is 2.04 bits per heavy atom. The van der Waals surface area contributed by atoms with Crippen molar-refractivity contribution in [1.82, 2.24) is 20.5 Å². The molecule has 2 amide bonds. The number of hydrogen-bond donors (Lipinski definition) is 3. The summed E-state index contributed by atoms with van der Waals surface area (Å²) in [5.41, 5.74) is 0.400. The van der Waals surface area contributed by atoms with Crippen LogP contribution in [-0.4, -0.2) is 48.2 Å². The molecule has 0 aliphatic carbocycles. The molecule has 0 spiro atoms. The first-order valence-corrected chi connectivity index (χ1v) is 7.81. The predicted molar refractivity (Wildman–Crippen MR) is 81.6 cm³/mol. The SMILES string of the molecule is CC(NC(=O)c1cccn1C1CCNCC1)C(=O)NCC(F)(F)F. The first-order valence-electron chi connectivity index (χ1n) is 7.81. The summed E-state index contributed by atoms with van der Waals surface area (Å²) in [6, 6.07) is 2.51.